The third-order valence-electron chi connectivity index (χ3n) is 1.75. The molecule has 0 aliphatic carbocycles. The molecule has 0 radical (unpaired) electrons. The Morgan fingerprint density at radius 2 is 1.25 bits per heavy atom. The second kappa shape index (κ2) is 4.22. The molecule has 16 heavy (non-hydrogen) atoms. The van der Waals surface area contributed by atoms with E-state index in [1.54, 1.807) is 14.1 Å². The zero-order valence-electron chi connectivity index (χ0n) is 8.65. The summed E-state index contributed by atoms with van der Waals surface area (Å²) in [7, 11) is 6.12. The summed E-state index contributed by atoms with van der Waals surface area (Å²) in [5, 5.41) is 9.30. The van der Waals surface area contributed by atoms with E-state index in [9.17, 15) is 0 Å². The summed E-state index contributed by atoms with van der Waals surface area (Å²) in [6, 6.07) is 0. The lowest BCUT2D eigenvalue weighted by atomic mass is 11.0. The summed E-state index contributed by atoms with van der Waals surface area (Å²) in [4.78, 5) is 8.07. The van der Waals surface area contributed by atoms with Gasteiger partial charge < -0.3 is 11.5 Å². The minimum absolute atomic E-state index is 0.372. The summed E-state index contributed by atoms with van der Waals surface area (Å²) < 4.78 is 3.01. The summed E-state index contributed by atoms with van der Waals surface area (Å²) in [5.41, 5.74) is 11.1. The van der Waals surface area contributed by atoms with Crippen LogP contribution < -0.4 is 11.5 Å². The van der Waals surface area contributed by atoms with Crippen LogP contribution in [0.2, 0.25) is 0 Å². The van der Waals surface area contributed by atoms with Gasteiger partial charge in [-0.15, -0.1) is 10.2 Å². The minimum atomic E-state index is 0.372. The van der Waals surface area contributed by atoms with Gasteiger partial charge in [0.05, 0.1) is 0 Å². The van der Waals surface area contributed by atoms with Gasteiger partial charge in [-0.1, -0.05) is 0 Å². The molecular weight excluding hydrogens is 248 g/mol. The first kappa shape index (κ1) is 11.1. The zero-order chi connectivity index (χ0) is 11.7. The molecule has 0 atom stereocenters. The minimum Gasteiger partial charge on any atom is -0.368 e. The van der Waals surface area contributed by atoms with E-state index in [0.717, 1.165) is 0 Å². The van der Waals surface area contributed by atoms with E-state index in [4.69, 9.17) is 11.5 Å². The molecule has 0 fully saturated rings. The summed E-state index contributed by atoms with van der Waals surface area (Å²) in [6.07, 6.45) is 0. The number of hydrogen-bond donors (Lipinski definition) is 2. The van der Waals surface area contributed by atoms with Gasteiger partial charge in [0, 0.05) is 14.1 Å². The Bertz CT molecular complexity index is 417. The molecule has 10 heteroatoms. The van der Waals surface area contributed by atoms with Crippen LogP contribution in [0.5, 0.6) is 0 Å². The topological polar surface area (TPSA) is 113 Å². The van der Waals surface area contributed by atoms with Crippen molar-refractivity contribution in [2.75, 3.05) is 11.5 Å². The van der Waals surface area contributed by atoms with Crippen molar-refractivity contribution in [1.82, 2.24) is 29.5 Å². The van der Waals surface area contributed by atoms with Crippen LogP contribution in [0.1, 0.15) is 0 Å². The summed E-state index contributed by atoms with van der Waals surface area (Å²) >= 11 is 0. The fourth-order valence-electron chi connectivity index (χ4n) is 0.890. The third-order valence-corrected chi connectivity index (χ3v) is 3.62. The second-order valence-corrected chi connectivity index (χ2v) is 4.98. The van der Waals surface area contributed by atoms with E-state index in [2.05, 4.69) is 20.2 Å². The van der Waals surface area contributed by atoms with Crippen molar-refractivity contribution in [3.8, 4) is 0 Å². The van der Waals surface area contributed by atoms with Crippen molar-refractivity contribution in [2.45, 2.75) is 10.3 Å². The molecule has 0 amide bonds. The van der Waals surface area contributed by atoms with Crippen molar-refractivity contribution >= 4 is 33.5 Å². The quantitative estimate of drug-likeness (QED) is 0.734. The molecule has 0 aliphatic rings. The number of nitrogens with two attached hydrogens (primary N) is 2. The Hall–Kier alpha value is -1.42. The predicted octanol–water partition coefficient (Wildman–Crippen LogP) is -0.0926. The lowest BCUT2D eigenvalue weighted by Gasteiger charge is -1.89. The molecule has 2 aromatic heterocycles. The highest BCUT2D eigenvalue weighted by atomic mass is 33.1. The van der Waals surface area contributed by atoms with Gasteiger partial charge in [0.1, 0.15) is 0 Å². The Balaban J connectivity index is 2.02. The maximum Gasteiger partial charge on any atom is 0.221 e. The molecule has 0 saturated heterocycles. The fraction of sp³-hybridized carbons (Fsp3) is 0.333. The Labute approximate surface area is 99.2 Å². The number of anilines is 2. The van der Waals surface area contributed by atoms with Crippen LogP contribution in [0.25, 0.3) is 0 Å². The molecule has 86 valence electrons. The zero-order valence-corrected chi connectivity index (χ0v) is 10.3. The van der Waals surface area contributed by atoms with Crippen LogP contribution in [-0.4, -0.2) is 29.5 Å². The molecule has 0 saturated carbocycles. The van der Waals surface area contributed by atoms with E-state index >= 15 is 0 Å². The number of nitrogens with zero attached hydrogens (tertiary/aromatic N) is 6. The maximum absolute atomic E-state index is 5.55. The van der Waals surface area contributed by atoms with Crippen molar-refractivity contribution in [2.24, 2.45) is 14.1 Å². The molecule has 0 aliphatic heterocycles. The van der Waals surface area contributed by atoms with Gasteiger partial charge >= 0.3 is 0 Å². The van der Waals surface area contributed by atoms with E-state index in [0.29, 0.717) is 22.2 Å². The van der Waals surface area contributed by atoms with Gasteiger partial charge in [0.2, 0.25) is 22.2 Å². The van der Waals surface area contributed by atoms with Gasteiger partial charge in [0.15, 0.2) is 0 Å². The van der Waals surface area contributed by atoms with Crippen LogP contribution in [-0.2, 0) is 14.1 Å². The molecule has 2 aromatic rings. The van der Waals surface area contributed by atoms with Crippen LogP contribution in [0.4, 0.5) is 11.9 Å². The van der Waals surface area contributed by atoms with Crippen LogP contribution in [0.15, 0.2) is 10.3 Å². The standard InChI is InChI=1S/C6H10N8S2/c1-13-3(7)9-5(11-13)15-16-6-10-4(8)14(2)12-6/h1-2H3,(H2,7,9,11)(H2,8,10,12). The normalized spacial score (nSPS) is 10.9. The van der Waals surface area contributed by atoms with Crippen molar-refractivity contribution in [3.05, 3.63) is 0 Å². The molecule has 4 N–H and O–H groups in total. The average molecular weight is 258 g/mol. The first-order valence-corrected chi connectivity index (χ1v) is 6.39. The number of hydrogen-bond acceptors (Lipinski definition) is 8. The number of nitrogen functional groups attached to an aromatic ring is 2. The highest BCUT2D eigenvalue weighted by molar-refractivity contribution is 8.76. The Morgan fingerprint density at radius 3 is 1.50 bits per heavy atom. The lowest BCUT2D eigenvalue weighted by molar-refractivity contribution is 0.746. The third kappa shape index (κ3) is 2.22. The fourth-order valence-corrected chi connectivity index (χ4v) is 2.48. The first-order chi connectivity index (χ1) is 7.56. The van der Waals surface area contributed by atoms with Crippen molar-refractivity contribution < 1.29 is 0 Å². The van der Waals surface area contributed by atoms with Crippen LogP contribution in [0.3, 0.4) is 0 Å². The molecule has 0 bridgehead atoms. The summed E-state index contributed by atoms with van der Waals surface area (Å²) in [6.45, 7) is 0. The van der Waals surface area contributed by atoms with Gasteiger partial charge in [0.25, 0.3) is 0 Å². The first-order valence-electron chi connectivity index (χ1n) is 4.24. The Kier molecular flexibility index (Phi) is 2.92. The monoisotopic (exact) mass is 258 g/mol. The molecule has 0 spiro atoms. The van der Waals surface area contributed by atoms with Gasteiger partial charge in [-0.2, -0.15) is 9.97 Å². The average Bonchev–Trinajstić information content (AvgIpc) is 2.70. The van der Waals surface area contributed by atoms with Crippen LogP contribution in [0, 0.1) is 0 Å². The molecule has 2 heterocycles. The van der Waals surface area contributed by atoms with E-state index in [1.165, 1.54) is 31.0 Å². The number of aryl methyl sites for hydroxylation is 2. The molecule has 0 unspecified atom stereocenters. The largest absolute Gasteiger partial charge is 0.368 e. The molecule has 0 aromatic carbocycles. The predicted molar refractivity (Wildman–Crippen MR) is 62.5 cm³/mol. The maximum atomic E-state index is 5.55. The van der Waals surface area contributed by atoms with E-state index < -0.39 is 0 Å². The van der Waals surface area contributed by atoms with Gasteiger partial charge in [-0.3, -0.25) is 0 Å². The van der Waals surface area contributed by atoms with Crippen LogP contribution >= 0.6 is 21.6 Å². The second-order valence-electron chi connectivity index (χ2n) is 2.92. The molecule has 8 nitrogen and oxygen atoms in total. The lowest BCUT2D eigenvalue weighted by Crippen LogP contribution is -1.97. The van der Waals surface area contributed by atoms with Gasteiger partial charge in [-0.25, -0.2) is 9.36 Å². The highest BCUT2D eigenvalue weighted by Crippen LogP contribution is 2.33. The van der Waals surface area contributed by atoms with Crippen molar-refractivity contribution in [1.29, 1.82) is 0 Å². The summed E-state index contributed by atoms with van der Waals surface area (Å²) in [5.74, 6) is 0.744. The SMILES string of the molecule is Cn1nc(SSc2nc(N)n(C)n2)nc1N. The van der Waals surface area contributed by atoms with E-state index in [-0.39, 0.29) is 0 Å². The van der Waals surface area contributed by atoms with E-state index in [1.807, 2.05) is 0 Å². The number of aromatic nitrogens is 6. The van der Waals surface area contributed by atoms with Crippen molar-refractivity contribution in [3.63, 3.8) is 0 Å². The highest BCUT2D eigenvalue weighted by Gasteiger charge is 2.09. The smallest absolute Gasteiger partial charge is 0.221 e. The number of rotatable bonds is 3. The molecule has 2 rings (SSSR count). The Morgan fingerprint density at radius 1 is 0.875 bits per heavy atom. The van der Waals surface area contributed by atoms with Gasteiger partial charge in [-0.05, 0) is 21.6 Å². The molecular formula is C6H10N8S2.